The first-order valence-corrected chi connectivity index (χ1v) is 7.66. The molecule has 4 nitrogen and oxygen atoms in total. The van der Waals surface area contributed by atoms with E-state index < -0.39 is 0 Å². The highest BCUT2D eigenvalue weighted by Gasteiger charge is 2.14. The molecule has 0 spiro atoms. The van der Waals surface area contributed by atoms with Gasteiger partial charge in [0.2, 0.25) is 0 Å². The summed E-state index contributed by atoms with van der Waals surface area (Å²) in [5.41, 5.74) is 2.04. The maximum absolute atomic E-state index is 10.4. The summed E-state index contributed by atoms with van der Waals surface area (Å²) in [6.45, 7) is 3.21. The molecule has 3 rings (SSSR count). The van der Waals surface area contributed by atoms with Crippen LogP contribution < -0.4 is 4.80 Å². The number of hydrogen-bond donors (Lipinski definition) is 1. The average Bonchev–Trinajstić information content (AvgIpc) is 2.83. The van der Waals surface area contributed by atoms with Crippen molar-refractivity contribution in [2.24, 2.45) is 12.0 Å². The molecule has 0 radical (unpaired) electrons. The maximum Gasteiger partial charge on any atom is 0.185 e. The standard InChI is InChI=1S/C16H18N2O2S.ClH/c1-10-14(19)12-7-5-4-6-11(12)13-15(10)21-16(18(13)2)17-8-9-20-3;/h4-7,19H,8-9H2,1-3H3;1H/b17-16-;. The van der Waals surface area contributed by atoms with E-state index in [0.717, 1.165) is 31.4 Å². The number of aromatic nitrogens is 1. The molecule has 1 N–H and O–H groups in total. The second-order valence-corrected chi connectivity index (χ2v) is 5.99. The van der Waals surface area contributed by atoms with Gasteiger partial charge in [0.25, 0.3) is 0 Å². The van der Waals surface area contributed by atoms with Crippen LogP contribution in [0.5, 0.6) is 5.75 Å². The van der Waals surface area contributed by atoms with Gasteiger partial charge in [-0.1, -0.05) is 35.6 Å². The lowest BCUT2D eigenvalue weighted by Gasteiger charge is -2.08. The molecule has 22 heavy (non-hydrogen) atoms. The first kappa shape index (κ1) is 16.8. The van der Waals surface area contributed by atoms with E-state index in [4.69, 9.17) is 4.74 Å². The smallest absolute Gasteiger partial charge is 0.185 e. The third-order valence-corrected chi connectivity index (χ3v) is 5.00. The van der Waals surface area contributed by atoms with Crippen LogP contribution in [0.2, 0.25) is 0 Å². The first-order valence-electron chi connectivity index (χ1n) is 6.84. The maximum atomic E-state index is 10.4. The largest absolute Gasteiger partial charge is 0.507 e. The van der Waals surface area contributed by atoms with Crippen LogP contribution in [0.4, 0.5) is 0 Å². The molecule has 2 aromatic carbocycles. The molecule has 0 aliphatic carbocycles. The van der Waals surface area contributed by atoms with Crippen molar-refractivity contribution < 1.29 is 9.84 Å². The molecule has 118 valence electrons. The van der Waals surface area contributed by atoms with E-state index in [1.165, 1.54) is 0 Å². The fourth-order valence-corrected chi connectivity index (χ4v) is 3.75. The number of hydrogen-bond acceptors (Lipinski definition) is 4. The van der Waals surface area contributed by atoms with Gasteiger partial charge in [-0.2, -0.15) is 0 Å². The van der Waals surface area contributed by atoms with E-state index >= 15 is 0 Å². The van der Waals surface area contributed by atoms with Gasteiger partial charge in [-0.25, -0.2) is 0 Å². The third kappa shape index (κ3) is 2.60. The van der Waals surface area contributed by atoms with Gasteiger partial charge < -0.3 is 14.4 Å². The van der Waals surface area contributed by atoms with Gasteiger partial charge >= 0.3 is 0 Å². The second kappa shape index (κ2) is 6.69. The zero-order valence-electron chi connectivity index (χ0n) is 12.8. The first-order chi connectivity index (χ1) is 10.1. The molecule has 6 heteroatoms. The summed E-state index contributed by atoms with van der Waals surface area (Å²) in [5.74, 6) is 0.364. The highest BCUT2D eigenvalue weighted by molar-refractivity contribution is 7.16. The quantitative estimate of drug-likeness (QED) is 0.744. The molecule has 1 heterocycles. The van der Waals surface area contributed by atoms with Gasteiger partial charge in [-0.05, 0) is 6.92 Å². The van der Waals surface area contributed by atoms with Crippen molar-refractivity contribution in [3.05, 3.63) is 34.6 Å². The SMILES string of the molecule is COCC/N=c1\sc2c(C)c(O)c3ccccc3c2n1C.Cl. The Morgan fingerprint density at radius 2 is 1.95 bits per heavy atom. The zero-order valence-corrected chi connectivity index (χ0v) is 14.4. The van der Waals surface area contributed by atoms with E-state index in [9.17, 15) is 5.11 Å². The number of methoxy groups -OCH3 is 1. The number of benzene rings is 2. The normalized spacial score (nSPS) is 12.0. The molecule has 0 aliphatic rings. The van der Waals surface area contributed by atoms with Gasteiger partial charge in [-0.3, -0.25) is 4.99 Å². The fraction of sp³-hybridized carbons (Fsp3) is 0.312. The lowest BCUT2D eigenvalue weighted by molar-refractivity contribution is 0.207. The number of phenolic OH excluding ortho intramolecular Hbond substituents is 1. The average molecular weight is 339 g/mol. The Labute approximate surface area is 139 Å². The number of fused-ring (bicyclic) bond motifs is 3. The van der Waals surface area contributed by atoms with Crippen molar-refractivity contribution >= 4 is 44.7 Å². The monoisotopic (exact) mass is 338 g/mol. The lowest BCUT2D eigenvalue weighted by atomic mass is 10.0. The van der Waals surface area contributed by atoms with E-state index in [0.29, 0.717) is 18.9 Å². The summed E-state index contributed by atoms with van der Waals surface area (Å²) in [6, 6.07) is 7.94. The highest BCUT2D eigenvalue weighted by Crippen LogP contribution is 2.37. The Balaban J connectivity index is 0.00000176. The van der Waals surface area contributed by atoms with Crippen molar-refractivity contribution in [3.63, 3.8) is 0 Å². The summed E-state index contributed by atoms with van der Waals surface area (Å²) in [7, 11) is 3.70. The Morgan fingerprint density at radius 3 is 2.64 bits per heavy atom. The number of rotatable bonds is 3. The minimum atomic E-state index is 0. The molecule has 3 aromatic rings. The van der Waals surface area contributed by atoms with E-state index in [1.807, 2.05) is 38.2 Å². The summed E-state index contributed by atoms with van der Waals surface area (Å²) in [5, 5.41) is 12.4. The number of thiazole rings is 1. The Kier molecular flexibility index (Phi) is 5.11. The molecule has 1 aromatic heterocycles. The fourth-order valence-electron chi connectivity index (χ4n) is 2.59. The molecular weight excluding hydrogens is 320 g/mol. The molecule has 0 atom stereocenters. The predicted molar refractivity (Wildman–Crippen MR) is 94.3 cm³/mol. The third-order valence-electron chi connectivity index (χ3n) is 3.71. The predicted octanol–water partition coefficient (Wildman–Crippen LogP) is 3.38. The van der Waals surface area contributed by atoms with Crippen LogP contribution in [0.3, 0.4) is 0 Å². The Morgan fingerprint density at radius 1 is 1.27 bits per heavy atom. The van der Waals surface area contributed by atoms with Gasteiger partial charge in [0.05, 0.1) is 23.4 Å². The highest BCUT2D eigenvalue weighted by atomic mass is 35.5. The van der Waals surface area contributed by atoms with Crippen molar-refractivity contribution in [1.29, 1.82) is 0 Å². The van der Waals surface area contributed by atoms with Crippen molar-refractivity contribution in [3.8, 4) is 5.75 Å². The van der Waals surface area contributed by atoms with E-state index in [1.54, 1.807) is 18.4 Å². The number of phenols is 1. The summed E-state index contributed by atoms with van der Waals surface area (Å²) < 4.78 is 8.24. The van der Waals surface area contributed by atoms with Crippen LogP contribution in [0.25, 0.3) is 21.0 Å². The molecule has 0 saturated carbocycles. The van der Waals surface area contributed by atoms with Gasteiger partial charge in [0.1, 0.15) is 5.75 Å². The number of ether oxygens (including phenoxy) is 1. The van der Waals surface area contributed by atoms with Crippen LogP contribution in [-0.4, -0.2) is 29.9 Å². The number of aryl methyl sites for hydroxylation is 2. The zero-order chi connectivity index (χ0) is 15.0. The second-order valence-electron chi connectivity index (χ2n) is 5.02. The summed E-state index contributed by atoms with van der Waals surface area (Å²) in [4.78, 5) is 5.53. The van der Waals surface area contributed by atoms with Crippen LogP contribution in [0, 0.1) is 6.92 Å². The van der Waals surface area contributed by atoms with Crippen LogP contribution >= 0.6 is 23.7 Å². The van der Waals surface area contributed by atoms with Gasteiger partial charge in [-0.15, -0.1) is 12.4 Å². The number of halogens is 1. The summed E-state index contributed by atoms with van der Waals surface area (Å²) >= 11 is 1.61. The molecule has 0 fully saturated rings. The molecule has 0 bridgehead atoms. The molecular formula is C16H19ClN2O2S. The molecule has 0 amide bonds. The van der Waals surface area contributed by atoms with Crippen molar-refractivity contribution in [2.75, 3.05) is 20.3 Å². The van der Waals surface area contributed by atoms with Crippen molar-refractivity contribution in [1.82, 2.24) is 4.57 Å². The molecule has 0 aliphatic heterocycles. The number of nitrogens with zero attached hydrogens (tertiary/aromatic N) is 2. The van der Waals surface area contributed by atoms with Crippen molar-refractivity contribution in [2.45, 2.75) is 6.92 Å². The Bertz CT molecular complexity index is 883. The van der Waals surface area contributed by atoms with Gasteiger partial charge in [0.15, 0.2) is 4.80 Å². The van der Waals surface area contributed by atoms with E-state index in [2.05, 4.69) is 9.56 Å². The van der Waals surface area contributed by atoms with Crippen LogP contribution in [0.1, 0.15) is 5.56 Å². The summed E-state index contributed by atoms with van der Waals surface area (Å²) in [6.07, 6.45) is 0. The van der Waals surface area contributed by atoms with Gasteiger partial charge in [0, 0.05) is 30.5 Å². The topological polar surface area (TPSA) is 46.8 Å². The van der Waals surface area contributed by atoms with E-state index in [-0.39, 0.29) is 12.4 Å². The lowest BCUT2D eigenvalue weighted by Crippen LogP contribution is -2.12. The minimum absolute atomic E-state index is 0. The van der Waals surface area contributed by atoms with Crippen LogP contribution in [0.15, 0.2) is 29.3 Å². The number of aromatic hydroxyl groups is 1. The molecule has 0 saturated heterocycles. The molecule has 0 unspecified atom stereocenters. The Hall–Kier alpha value is -1.56. The van der Waals surface area contributed by atoms with Crippen LogP contribution in [-0.2, 0) is 11.8 Å². The minimum Gasteiger partial charge on any atom is -0.507 e.